The molecular weight excluding hydrogens is 245 g/mol. The fourth-order valence-electron chi connectivity index (χ4n) is 1.18. The highest BCUT2D eigenvalue weighted by Crippen LogP contribution is 2.33. The van der Waals surface area contributed by atoms with Gasteiger partial charge < -0.3 is 4.52 Å². The van der Waals surface area contributed by atoms with Gasteiger partial charge in [-0.3, -0.25) is 0 Å². The Morgan fingerprint density at radius 2 is 1.94 bits per heavy atom. The van der Waals surface area contributed by atoms with Crippen molar-refractivity contribution in [2.75, 3.05) is 0 Å². The van der Waals surface area contributed by atoms with Crippen molar-refractivity contribution in [2.24, 2.45) is 0 Å². The minimum atomic E-state index is -4.45. The second kappa shape index (κ2) is 3.79. The Bertz CT molecular complexity index is 496. The summed E-state index contributed by atoms with van der Waals surface area (Å²) in [7, 11) is 0. The van der Waals surface area contributed by atoms with Crippen LogP contribution in [0.15, 0.2) is 29.1 Å². The molecule has 1 aromatic carbocycles. The van der Waals surface area contributed by atoms with Gasteiger partial charge >= 0.3 is 6.18 Å². The van der Waals surface area contributed by atoms with Crippen LogP contribution in [0.25, 0.3) is 11.4 Å². The zero-order chi connectivity index (χ0) is 11.8. The number of hydrogen-bond acceptors (Lipinski definition) is 3. The molecule has 2 rings (SSSR count). The maximum absolute atomic E-state index is 12.5. The molecule has 0 unspecified atom stereocenters. The number of halogens is 4. The van der Waals surface area contributed by atoms with E-state index in [0.29, 0.717) is 0 Å². The number of nitrogens with zero attached hydrogens (tertiary/aromatic N) is 2. The summed E-state index contributed by atoms with van der Waals surface area (Å²) < 4.78 is 41.8. The number of aromatic nitrogens is 2. The fourth-order valence-corrected chi connectivity index (χ4v) is 1.42. The monoisotopic (exact) mass is 248 g/mol. The van der Waals surface area contributed by atoms with Crippen molar-refractivity contribution in [2.45, 2.75) is 6.18 Å². The van der Waals surface area contributed by atoms with E-state index in [0.717, 1.165) is 18.5 Å². The van der Waals surface area contributed by atoms with Gasteiger partial charge in [0.25, 0.3) is 0 Å². The van der Waals surface area contributed by atoms with Crippen LogP contribution in [0.5, 0.6) is 0 Å². The maximum Gasteiger partial charge on any atom is 0.416 e. The van der Waals surface area contributed by atoms with Crippen LogP contribution in [-0.2, 0) is 6.18 Å². The summed E-state index contributed by atoms with van der Waals surface area (Å²) in [6.07, 6.45) is -3.42. The quantitative estimate of drug-likeness (QED) is 0.776. The van der Waals surface area contributed by atoms with Crippen molar-refractivity contribution in [3.63, 3.8) is 0 Å². The number of rotatable bonds is 1. The van der Waals surface area contributed by atoms with Crippen LogP contribution in [0.4, 0.5) is 13.2 Å². The van der Waals surface area contributed by atoms with Crippen molar-refractivity contribution in [3.05, 3.63) is 35.2 Å². The molecule has 0 aliphatic carbocycles. The highest BCUT2D eigenvalue weighted by atomic mass is 35.5. The minimum absolute atomic E-state index is 0.0328. The number of alkyl halides is 3. The predicted octanol–water partition coefficient (Wildman–Crippen LogP) is 3.41. The van der Waals surface area contributed by atoms with Gasteiger partial charge in [-0.15, -0.1) is 0 Å². The standard InChI is InChI=1S/C9H4ClF3N2O/c10-7-2-5(8-14-4-16-15-8)1-6(3-7)9(11,12)13/h1-4H. The van der Waals surface area contributed by atoms with Gasteiger partial charge in [0.15, 0.2) is 0 Å². The Balaban J connectivity index is 2.53. The third-order valence-electron chi connectivity index (χ3n) is 1.84. The van der Waals surface area contributed by atoms with Crippen LogP contribution >= 0.6 is 11.6 Å². The molecule has 0 saturated heterocycles. The molecule has 0 aliphatic heterocycles. The molecule has 84 valence electrons. The van der Waals surface area contributed by atoms with Gasteiger partial charge in [0.05, 0.1) is 5.56 Å². The average Bonchev–Trinajstić information content (AvgIpc) is 2.68. The zero-order valence-corrected chi connectivity index (χ0v) is 8.38. The molecule has 0 spiro atoms. The summed E-state index contributed by atoms with van der Waals surface area (Å²) in [5.74, 6) is 0.0630. The second-order valence-corrected chi connectivity index (χ2v) is 3.42. The van der Waals surface area contributed by atoms with Crippen LogP contribution in [0.3, 0.4) is 0 Å². The second-order valence-electron chi connectivity index (χ2n) is 2.98. The lowest BCUT2D eigenvalue weighted by atomic mass is 10.1. The lowest BCUT2D eigenvalue weighted by Crippen LogP contribution is -2.05. The first-order valence-corrected chi connectivity index (χ1v) is 4.49. The molecule has 7 heteroatoms. The molecule has 1 aromatic heterocycles. The van der Waals surface area contributed by atoms with E-state index in [2.05, 4.69) is 14.7 Å². The van der Waals surface area contributed by atoms with Crippen LogP contribution < -0.4 is 0 Å². The maximum atomic E-state index is 12.5. The molecule has 0 fully saturated rings. The highest BCUT2D eigenvalue weighted by molar-refractivity contribution is 6.30. The SMILES string of the molecule is FC(F)(F)c1cc(Cl)cc(-c2ncon2)c1. The Kier molecular flexibility index (Phi) is 2.59. The van der Waals surface area contributed by atoms with Gasteiger partial charge in [-0.1, -0.05) is 16.8 Å². The number of benzene rings is 1. The van der Waals surface area contributed by atoms with Gasteiger partial charge in [0.1, 0.15) is 0 Å². The van der Waals surface area contributed by atoms with E-state index in [9.17, 15) is 13.2 Å². The van der Waals surface area contributed by atoms with Crippen molar-refractivity contribution < 1.29 is 17.7 Å². The van der Waals surface area contributed by atoms with Gasteiger partial charge in [0.2, 0.25) is 12.2 Å². The molecule has 0 radical (unpaired) electrons. The van der Waals surface area contributed by atoms with Gasteiger partial charge in [-0.25, -0.2) is 0 Å². The lowest BCUT2D eigenvalue weighted by molar-refractivity contribution is -0.137. The summed E-state index contributed by atoms with van der Waals surface area (Å²) >= 11 is 5.59. The summed E-state index contributed by atoms with van der Waals surface area (Å²) in [6, 6.07) is 3.09. The Labute approximate surface area is 92.8 Å². The largest absolute Gasteiger partial charge is 0.416 e. The molecule has 1 heterocycles. The third-order valence-corrected chi connectivity index (χ3v) is 2.06. The van der Waals surface area contributed by atoms with Gasteiger partial charge in [0, 0.05) is 10.6 Å². The average molecular weight is 249 g/mol. The molecule has 16 heavy (non-hydrogen) atoms. The predicted molar refractivity (Wildman–Crippen MR) is 49.7 cm³/mol. The van der Waals surface area contributed by atoms with Gasteiger partial charge in [-0.2, -0.15) is 18.2 Å². The molecule has 0 atom stereocenters. The summed E-state index contributed by atoms with van der Waals surface area (Å²) in [4.78, 5) is 3.65. The Hall–Kier alpha value is -1.56. The summed E-state index contributed by atoms with van der Waals surface area (Å²) in [5, 5.41) is 3.41. The van der Waals surface area contributed by atoms with Crippen molar-refractivity contribution in [3.8, 4) is 11.4 Å². The lowest BCUT2D eigenvalue weighted by Gasteiger charge is -2.07. The summed E-state index contributed by atoms with van der Waals surface area (Å²) in [6.45, 7) is 0. The first-order chi connectivity index (χ1) is 7.47. The third kappa shape index (κ3) is 2.16. The highest BCUT2D eigenvalue weighted by Gasteiger charge is 2.31. The Morgan fingerprint density at radius 1 is 1.19 bits per heavy atom. The van der Waals surface area contributed by atoms with Gasteiger partial charge in [-0.05, 0) is 18.2 Å². The van der Waals surface area contributed by atoms with Crippen molar-refractivity contribution in [1.82, 2.24) is 10.1 Å². The minimum Gasteiger partial charge on any atom is -0.342 e. The Morgan fingerprint density at radius 3 is 2.50 bits per heavy atom. The van der Waals surface area contributed by atoms with Crippen molar-refractivity contribution >= 4 is 11.6 Å². The van der Waals surface area contributed by atoms with E-state index in [1.54, 1.807) is 0 Å². The van der Waals surface area contributed by atoms with Crippen LogP contribution in [0.1, 0.15) is 5.56 Å². The van der Waals surface area contributed by atoms with Crippen LogP contribution in [0, 0.1) is 0 Å². The molecule has 0 saturated carbocycles. The molecule has 0 amide bonds. The molecule has 0 N–H and O–H groups in total. The van der Waals surface area contributed by atoms with E-state index in [4.69, 9.17) is 11.6 Å². The molecule has 2 aromatic rings. The zero-order valence-electron chi connectivity index (χ0n) is 7.62. The fraction of sp³-hybridized carbons (Fsp3) is 0.111. The molecule has 3 nitrogen and oxygen atoms in total. The van der Waals surface area contributed by atoms with E-state index in [1.807, 2.05) is 0 Å². The molecular formula is C9H4ClF3N2O. The summed E-state index contributed by atoms with van der Waals surface area (Å²) in [5.41, 5.74) is -0.687. The normalized spacial score (nSPS) is 11.8. The smallest absolute Gasteiger partial charge is 0.342 e. The molecule has 0 bridgehead atoms. The van der Waals surface area contributed by atoms with E-state index >= 15 is 0 Å². The number of hydrogen-bond donors (Lipinski definition) is 0. The van der Waals surface area contributed by atoms with Crippen LogP contribution in [0.2, 0.25) is 5.02 Å². The molecule has 0 aliphatic rings. The topological polar surface area (TPSA) is 38.9 Å². The van der Waals surface area contributed by atoms with E-state index in [-0.39, 0.29) is 16.4 Å². The van der Waals surface area contributed by atoms with E-state index < -0.39 is 11.7 Å². The van der Waals surface area contributed by atoms with Crippen molar-refractivity contribution in [1.29, 1.82) is 0 Å². The van der Waals surface area contributed by atoms with E-state index in [1.165, 1.54) is 6.07 Å². The first-order valence-electron chi connectivity index (χ1n) is 4.11. The van der Waals surface area contributed by atoms with Crippen LogP contribution in [-0.4, -0.2) is 10.1 Å². The first kappa shape index (κ1) is 10.9.